The molecule has 0 amide bonds. The van der Waals surface area contributed by atoms with Gasteiger partial charge in [0, 0.05) is 1.37 Å². The molecule has 1 rings (SSSR count). The van der Waals surface area contributed by atoms with E-state index in [-0.39, 0.29) is 6.40 Å². The van der Waals surface area contributed by atoms with Crippen LogP contribution in [-0.2, 0) is 6.40 Å². The fraction of sp³-hybridized carbons (Fsp3) is 0.333. The van der Waals surface area contributed by atoms with Crippen molar-refractivity contribution in [2.24, 2.45) is 0 Å². The minimum atomic E-state index is -0.0406. The SMILES string of the molecule is [2H]C(CC)c1ccccc1. The van der Waals surface area contributed by atoms with Crippen LogP contribution in [0.3, 0.4) is 0 Å². The van der Waals surface area contributed by atoms with Crippen molar-refractivity contribution < 1.29 is 1.37 Å². The van der Waals surface area contributed by atoms with E-state index in [0.717, 1.165) is 12.0 Å². The first-order valence-corrected chi connectivity index (χ1v) is 3.31. The van der Waals surface area contributed by atoms with Crippen molar-refractivity contribution in [3.8, 4) is 0 Å². The lowest BCUT2D eigenvalue weighted by molar-refractivity contribution is 0.922. The van der Waals surface area contributed by atoms with Crippen LogP contribution in [0.2, 0.25) is 0 Å². The maximum atomic E-state index is 7.56. The van der Waals surface area contributed by atoms with Gasteiger partial charge in [0.05, 0.1) is 0 Å². The smallest absolute Gasteiger partial charge is 0.0316 e. The number of hydrogen-bond donors (Lipinski definition) is 0. The van der Waals surface area contributed by atoms with E-state index in [0.29, 0.717) is 0 Å². The summed E-state index contributed by atoms with van der Waals surface area (Å²) in [7, 11) is 0. The average molecular weight is 121 g/mol. The maximum Gasteiger partial charge on any atom is 0.0316 e. The van der Waals surface area contributed by atoms with Crippen LogP contribution in [0.25, 0.3) is 0 Å². The minimum absolute atomic E-state index is 0.0406. The van der Waals surface area contributed by atoms with E-state index in [2.05, 4.69) is 0 Å². The fourth-order valence-electron chi connectivity index (χ4n) is 0.825. The second kappa shape index (κ2) is 3.29. The molecule has 9 heavy (non-hydrogen) atoms. The highest BCUT2D eigenvalue weighted by molar-refractivity contribution is 5.14. The van der Waals surface area contributed by atoms with Gasteiger partial charge in [-0.2, -0.15) is 0 Å². The first-order chi connectivity index (χ1) is 4.84. The van der Waals surface area contributed by atoms with E-state index in [9.17, 15) is 0 Å². The Morgan fingerprint density at radius 3 is 2.56 bits per heavy atom. The van der Waals surface area contributed by atoms with Gasteiger partial charge in [0.1, 0.15) is 0 Å². The Labute approximate surface area is 57.9 Å². The summed E-state index contributed by atoms with van der Waals surface area (Å²) >= 11 is 0. The third-order valence-corrected chi connectivity index (χ3v) is 1.24. The highest BCUT2D eigenvalue weighted by Gasteiger charge is 1.84. The van der Waals surface area contributed by atoms with E-state index < -0.39 is 0 Å². The predicted molar refractivity (Wildman–Crippen MR) is 40.4 cm³/mol. The van der Waals surface area contributed by atoms with Gasteiger partial charge in [-0.25, -0.2) is 0 Å². The highest BCUT2D eigenvalue weighted by Crippen LogP contribution is 2.00. The molecule has 0 spiro atoms. The number of aryl methyl sites for hydroxylation is 1. The summed E-state index contributed by atoms with van der Waals surface area (Å²) < 4.78 is 7.56. The van der Waals surface area contributed by atoms with Crippen molar-refractivity contribution in [1.82, 2.24) is 0 Å². The van der Waals surface area contributed by atoms with Gasteiger partial charge in [0.25, 0.3) is 0 Å². The fourth-order valence-corrected chi connectivity index (χ4v) is 0.825. The molecule has 0 saturated carbocycles. The Kier molecular flexibility index (Phi) is 1.84. The molecule has 0 bridgehead atoms. The van der Waals surface area contributed by atoms with Crippen LogP contribution in [0, 0.1) is 0 Å². The van der Waals surface area contributed by atoms with Gasteiger partial charge in [-0.05, 0) is 12.0 Å². The molecule has 0 nitrogen and oxygen atoms in total. The Morgan fingerprint density at radius 2 is 2.00 bits per heavy atom. The second-order valence-corrected chi connectivity index (χ2v) is 2.02. The Morgan fingerprint density at radius 1 is 1.33 bits per heavy atom. The lowest BCUT2D eigenvalue weighted by atomic mass is 10.1. The van der Waals surface area contributed by atoms with Crippen molar-refractivity contribution in [2.75, 3.05) is 0 Å². The quantitative estimate of drug-likeness (QED) is 0.564. The molecule has 0 aliphatic carbocycles. The Balaban J connectivity index is 2.75. The van der Waals surface area contributed by atoms with Crippen LogP contribution in [-0.4, -0.2) is 0 Å². The number of benzene rings is 1. The van der Waals surface area contributed by atoms with Gasteiger partial charge in [-0.15, -0.1) is 0 Å². The van der Waals surface area contributed by atoms with E-state index >= 15 is 0 Å². The summed E-state index contributed by atoms with van der Waals surface area (Å²) in [5, 5.41) is 0. The molecule has 0 N–H and O–H groups in total. The van der Waals surface area contributed by atoms with Crippen molar-refractivity contribution in [3.63, 3.8) is 0 Å². The van der Waals surface area contributed by atoms with Crippen LogP contribution in [0.5, 0.6) is 0 Å². The number of rotatable bonds is 2. The van der Waals surface area contributed by atoms with Gasteiger partial charge in [-0.1, -0.05) is 43.7 Å². The minimum Gasteiger partial charge on any atom is -0.0651 e. The molecule has 0 heteroatoms. The largest absolute Gasteiger partial charge is 0.0651 e. The first-order valence-electron chi connectivity index (χ1n) is 3.89. The second-order valence-electron chi connectivity index (χ2n) is 2.02. The van der Waals surface area contributed by atoms with Gasteiger partial charge < -0.3 is 0 Å². The van der Waals surface area contributed by atoms with Crippen LogP contribution >= 0.6 is 0 Å². The van der Waals surface area contributed by atoms with Crippen molar-refractivity contribution in [1.29, 1.82) is 0 Å². The van der Waals surface area contributed by atoms with Gasteiger partial charge >= 0.3 is 0 Å². The third-order valence-electron chi connectivity index (χ3n) is 1.24. The van der Waals surface area contributed by atoms with Gasteiger partial charge in [0.15, 0.2) is 0 Å². The normalized spacial score (nSPS) is 14.6. The number of hydrogen-bond acceptors (Lipinski definition) is 0. The summed E-state index contributed by atoms with van der Waals surface area (Å²) in [5.41, 5.74) is 1.12. The van der Waals surface area contributed by atoms with E-state index in [1.807, 2.05) is 37.3 Å². The molecule has 1 unspecified atom stereocenters. The molecule has 0 fully saturated rings. The average Bonchev–Trinajstić information content (AvgIpc) is 2.05. The standard InChI is InChI=1S/C9H12/c1-2-6-9-7-4-3-5-8-9/h3-5,7-8H,2,6H2,1H3/i6D. The molecule has 1 atom stereocenters. The molecule has 0 aromatic heterocycles. The summed E-state index contributed by atoms with van der Waals surface area (Å²) in [4.78, 5) is 0. The van der Waals surface area contributed by atoms with E-state index in [1.165, 1.54) is 0 Å². The Bertz CT molecular complexity index is 181. The summed E-state index contributed by atoms with van der Waals surface area (Å²) in [6.07, 6.45) is 0.852. The van der Waals surface area contributed by atoms with Crippen molar-refractivity contribution in [2.45, 2.75) is 19.7 Å². The third kappa shape index (κ3) is 1.88. The molecule has 0 radical (unpaired) electrons. The topological polar surface area (TPSA) is 0 Å². The van der Waals surface area contributed by atoms with Crippen molar-refractivity contribution >= 4 is 0 Å². The zero-order chi connectivity index (χ0) is 7.40. The zero-order valence-electron chi connectivity index (χ0n) is 6.67. The van der Waals surface area contributed by atoms with Gasteiger partial charge in [-0.3, -0.25) is 0 Å². The van der Waals surface area contributed by atoms with Crippen LogP contribution in [0.1, 0.15) is 20.3 Å². The molecule has 1 aromatic rings. The maximum absolute atomic E-state index is 7.56. The summed E-state index contributed by atoms with van der Waals surface area (Å²) in [5.74, 6) is 0. The predicted octanol–water partition coefficient (Wildman–Crippen LogP) is 2.64. The Hall–Kier alpha value is -0.780. The molecule has 0 aliphatic heterocycles. The first kappa shape index (κ1) is 5.04. The molecular formula is C9H12. The summed E-state index contributed by atoms with van der Waals surface area (Å²) in [6.45, 7) is 2.03. The van der Waals surface area contributed by atoms with Crippen LogP contribution < -0.4 is 0 Å². The van der Waals surface area contributed by atoms with Gasteiger partial charge in [0.2, 0.25) is 0 Å². The van der Waals surface area contributed by atoms with Crippen LogP contribution in [0.15, 0.2) is 30.3 Å². The zero-order valence-corrected chi connectivity index (χ0v) is 5.67. The monoisotopic (exact) mass is 121 g/mol. The highest BCUT2D eigenvalue weighted by atomic mass is 13.9. The molecule has 1 aromatic carbocycles. The molecule has 0 heterocycles. The molecule has 0 aliphatic rings. The van der Waals surface area contributed by atoms with E-state index in [4.69, 9.17) is 1.37 Å². The van der Waals surface area contributed by atoms with Crippen molar-refractivity contribution in [3.05, 3.63) is 35.9 Å². The lowest BCUT2D eigenvalue weighted by Gasteiger charge is -1.93. The summed E-state index contributed by atoms with van der Waals surface area (Å²) in [6, 6.07) is 9.94. The molecule has 48 valence electrons. The van der Waals surface area contributed by atoms with E-state index in [1.54, 1.807) is 0 Å². The lowest BCUT2D eigenvalue weighted by Crippen LogP contribution is -1.78. The molecule has 0 saturated heterocycles. The molecular weight excluding hydrogens is 108 g/mol. The van der Waals surface area contributed by atoms with Crippen LogP contribution in [0.4, 0.5) is 0 Å².